The standard InChI is InChI=1S/C13H15ClN4O3S/c1-18(2)12-11(8-15-13(16-12)21-3)17-22(19,20)10-6-4-9(14)5-7-10/h4-8,17H,1-3H3. The van der Waals surface area contributed by atoms with Gasteiger partial charge in [0.25, 0.3) is 10.0 Å². The lowest BCUT2D eigenvalue weighted by molar-refractivity contribution is 0.380. The molecule has 2 aromatic rings. The molecule has 118 valence electrons. The second-order valence-corrected chi connectivity index (χ2v) is 6.67. The Morgan fingerprint density at radius 2 is 1.86 bits per heavy atom. The minimum Gasteiger partial charge on any atom is -0.467 e. The summed E-state index contributed by atoms with van der Waals surface area (Å²) < 4.78 is 32.2. The van der Waals surface area contributed by atoms with E-state index in [-0.39, 0.29) is 16.6 Å². The molecule has 0 unspecified atom stereocenters. The van der Waals surface area contributed by atoms with E-state index in [4.69, 9.17) is 16.3 Å². The van der Waals surface area contributed by atoms with Crippen LogP contribution in [0.2, 0.25) is 5.02 Å². The fourth-order valence-electron chi connectivity index (χ4n) is 1.69. The van der Waals surface area contributed by atoms with Gasteiger partial charge in [-0.2, -0.15) is 4.98 Å². The van der Waals surface area contributed by atoms with Crippen LogP contribution in [0.3, 0.4) is 0 Å². The first-order valence-corrected chi connectivity index (χ1v) is 8.06. The Kier molecular flexibility index (Phi) is 4.72. The first-order chi connectivity index (χ1) is 10.3. The molecule has 0 aliphatic carbocycles. The quantitative estimate of drug-likeness (QED) is 0.894. The van der Waals surface area contributed by atoms with Crippen molar-refractivity contribution in [2.24, 2.45) is 0 Å². The van der Waals surface area contributed by atoms with Gasteiger partial charge in [0, 0.05) is 19.1 Å². The van der Waals surface area contributed by atoms with E-state index in [0.717, 1.165) is 0 Å². The number of hydrogen-bond acceptors (Lipinski definition) is 6. The summed E-state index contributed by atoms with van der Waals surface area (Å²) in [5.41, 5.74) is 0.251. The monoisotopic (exact) mass is 342 g/mol. The number of aromatic nitrogens is 2. The van der Waals surface area contributed by atoms with Gasteiger partial charge in [-0.1, -0.05) is 11.6 Å². The van der Waals surface area contributed by atoms with Crippen LogP contribution >= 0.6 is 11.6 Å². The molecular weight excluding hydrogens is 328 g/mol. The zero-order valence-electron chi connectivity index (χ0n) is 12.2. The zero-order chi connectivity index (χ0) is 16.3. The van der Waals surface area contributed by atoms with Gasteiger partial charge < -0.3 is 9.64 Å². The Morgan fingerprint density at radius 1 is 1.23 bits per heavy atom. The average Bonchev–Trinajstić information content (AvgIpc) is 2.47. The maximum atomic E-state index is 12.4. The Bertz CT molecular complexity index is 763. The van der Waals surface area contributed by atoms with Crippen LogP contribution in [0, 0.1) is 0 Å². The molecule has 0 radical (unpaired) electrons. The van der Waals surface area contributed by atoms with Crippen molar-refractivity contribution < 1.29 is 13.2 Å². The Balaban J connectivity index is 2.39. The molecule has 0 bridgehead atoms. The number of hydrogen-bond donors (Lipinski definition) is 1. The van der Waals surface area contributed by atoms with Crippen molar-refractivity contribution in [3.05, 3.63) is 35.5 Å². The summed E-state index contributed by atoms with van der Waals surface area (Å²) >= 11 is 5.77. The lowest BCUT2D eigenvalue weighted by atomic mass is 10.4. The van der Waals surface area contributed by atoms with Crippen molar-refractivity contribution >= 4 is 33.1 Å². The molecule has 0 aliphatic rings. The minimum atomic E-state index is -3.76. The van der Waals surface area contributed by atoms with Crippen molar-refractivity contribution in [1.29, 1.82) is 0 Å². The molecule has 7 nitrogen and oxygen atoms in total. The first-order valence-electron chi connectivity index (χ1n) is 6.20. The molecule has 0 spiro atoms. The van der Waals surface area contributed by atoms with Crippen LogP contribution in [0.4, 0.5) is 11.5 Å². The molecule has 0 saturated heterocycles. The van der Waals surface area contributed by atoms with Gasteiger partial charge in [0.05, 0.1) is 18.2 Å². The van der Waals surface area contributed by atoms with E-state index >= 15 is 0 Å². The van der Waals surface area contributed by atoms with Gasteiger partial charge in [-0.15, -0.1) is 0 Å². The van der Waals surface area contributed by atoms with Gasteiger partial charge in [0.2, 0.25) is 0 Å². The number of nitrogens with one attached hydrogen (secondary N) is 1. The van der Waals surface area contributed by atoms with Crippen molar-refractivity contribution in [2.45, 2.75) is 4.90 Å². The molecule has 0 aliphatic heterocycles. The van der Waals surface area contributed by atoms with Crippen LogP contribution in [0.5, 0.6) is 6.01 Å². The predicted octanol–water partition coefficient (Wildman–Crippen LogP) is 2.01. The number of methoxy groups -OCH3 is 1. The van der Waals surface area contributed by atoms with Crippen LogP contribution < -0.4 is 14.4 Å². The maximum Gasteiger partial charge on any atom is 0.318 e. The smallest absolute Gasteiger partial charge is 0.318 e. The SMILES string of the molecule is COc1ncc(NS(=O)(=O)c2ccc(Cl)cc2)c(N(C)C)n1. The highest BCUT2D eigenvalue weighted by molar-refractivity contribution is 7.92. The summed E-state index contributed by atoms with van der Waals surface area (Å²) in [6.45, 7) is 0. The van der Waals surface area contributed by atoms with Gasteiger partial charge >= 0.3 is 6.01 Å². The van der Waals surface area contributed by atoms with Crippen molar-refractivity contribution in [3.63, 3.8) is 0 Å². The number of nitrogens with zero attached hydrogens (tertiary/aromatic N) is 3. The van der Waals surface area contributed by atoms with Crippen LogP contribution in [-0.4, -0.2) is 39.6 Å². The highest BCUT2D eigenvalue weighted by Crippen LogP contribution is 2.26. The molecule has 1 N–H and O–H groups in total. The third kappa shape index (κ3) is 3.58. The molecule has 2 rings (SSSR count). The third-order valence-corrected chi connectivity index (χ3v) is 4.35. The maximum absolute atomic E-state index is 12.4. The molecule has 0 saturated carbocycles. The van der Waals surface area contributed by atoms with Gasteiger partial charge in [-0.25, -0.2) is 13.4 Å². The van der Waals surface area contributed by atoms with Crippen molar-refractivity contribution in [3.8, 4) is 6.01 Å². The first kappa shape index (κ1) is 16.3. The largest absolute Gasteiger partial charge is 0.467 e. The van der Waals surface area contributed by atoms with E-state index in [0.29, 0.717) is 10.8 Å². The van der Waals surface area contributed by atoms with E-state index in [1.54, 1.807) is 19.0 Å². The number of sulfonamides is 1. The lowest BCUT2D eigenvalue weighted by Crippen LogP contribution is -2.19. The van der Waals surface area contributed by atoms with Gasteiger partial charge in [-0.05, 0) is 24.3 Å². The Labute approximate surface area is 134 Å². The van der Waals surface area contributed by atoms with Crippen LogP contribution in [0.25, 0.3) is 0 Å². The summed E-state index contributed by atoms with van der Waals surface area (Å²) in [6.07, 6.45) is 1.36. The molecule has 1 aromatic carbocycles. The van der Waals surface area contributed by atoms with Gasteiger partial charge in [0.15, 0.2) is 5.82 Å². The van der Waals surface area contributed by atoms with E-state index in [1.165, 1.54) is 37.6 Å². The zero-order valence-corrected chi connectivity index (χ0v) is 13.8. The van der Waals surface area contributed by atoms with Gasteiger partial charge in [-0.3, -0.25) is 4.72 Å². The third-order valence-electron chi connectivity index (χ3n) is 2.72. The normalized spacial score (nSPS) is 11.1. The summed E-state index contributed by atoms with van der Waals surface area (Å²) in [5.74, 6) is 0.393. The number of ether oxygens (including phenoxy) is 1. The van der Waals surface area contributed by atoms with E-state index in [2.05, 4.69) is 14.7 Å². The summed E-state index contributed by atoms with van der Waals surface area (Å²) in [5, 5.41) is 0.459. The molecular formula is C13H15ClN4O3S. The Morgan fingerprint density at radius 3 is 2.41 bits per heavy atom. The summed E-state index contributed by atoms with van der Waals surface area (Å²) in [4.78, 5) is 9.80. The number of rotatable bonds is 5. The van der Waals surface area contributed by atoms with Gasteiger partial charge in [0.1, 0.15) is 5.69 Å². The molecule has 0 amide bonds. The van der Waals surface area contributed by atoms with E-state index in [9.17, 15) is 8.42 Å². The molecule has 0 fully saturated rings. The second-order valence-electron chi connectivity index (χ2n) is 4.55. The topological polar surface area (TPSA) is 84.4 Å². The van der Waals surface area contributed by atoms with E-state index in [1.807, 2.05) is 0 Å². The molecule has 1 heterocycles. The second kappa shape index (κ2) is 6.37. The van der Waals surface area contributed by atoms with Crippen LogP contribution in [0.15, 0.2) is 35.4 Å². The highest BCUT2D eigenvalue weighted by atomic mass is 35.5. The van der Waals surface area contributed by atoms with Crippen LogP contribution in [0.1, 0.15) is 0 Å². The predicted molar refractivity (Wildman–Crippen MR) is 85.2 cm³/mol. The Hall–Kier alpha value is -2.06. The van der Waals surface area contributed by atoms with E-state index < -0.39 is 10.0 Å². The minimum absolute atomic E-state index is 0.0948. The molecule has 0 atom stereocenters. The van der Waals surface area contributed by atoms with Crippen molar-refractivity contribution in [1.82, 2.24) is 9.97 Å². The fourth-order valence-corrected chi connectivity index (χ4v) is 2.86. The molecule has 22 heavy (non-hydrogen) atoms. The van der Waals surface area contributed by atoms with Crippen molar-refractivity contribution in [2.75, 3.05) is 30.8 Å². The fraction of sp³-hybridized carbons (Fsp3) is 0.231. The summed E-state index contributed by atoms with van der Waals surface area (Å²) in [6, 6.07) is 6.01. The molecule has 9 heteroatoms. The number of halogens is 1. The number of benzene rings is 1. The van der Waals surface area contributed by atoms with Crippen LogP contribution in [-0.2, 0) is 10.0 Å². The summed E-state index contributed by atoms with van der Waals surface area (Å²) in [7, 11) is 1.15. The average molecular weight is 343 g/mol. The lowest BCUT2D eigenvalue weighted by Gasteiger charge is -2.17. The molecule has 1 aromatic heterocycles. The highest BCUT2D eigenvalue weighted by Gasteiger charge is 2.18. The number of anilines is 2.